The van der Waals surface area contributed by atoms with Crippen LogP contribution in [0.4, 0.5) is 17.5 Å². The Morgan fingerprint density at radius 3 is 2.69 bits per heavy atom. The average Bonchev–Trinajstić information content (AvgIpc) is 3.17. The maximum Gasteiger partial charge on any atom is 0.268 e. The van der Waals surface area contributed by atoms with Crippen molar-refractivity contribution in [1.82, 2.24) is 29.7 Å². The fraction of sp³-hybridized carbons (Fsp3) is 0.478. The summed E-state index contributed by atoms with van der Waals surface area (Å²) in [5.74, 6) is 1.64. The number of pyridine rings is 1. The molecule has 2 aliphatic heterocycles. The van der Waals surface area contributed by atoms with Gasteiger partial charge in [-0.2, -0.15) is 4.98 Å². The maximum atomic E-state index is 12.4. The van der Waals surface area contributed by atoms with Crippen LogP contribution in [0.2, 0.25) is 0 Å². The largest absolute Gasteiger partial charge is 0.368 e. The number of carbonyl (C=O) groups excluding carboxylic acids is 1. The van der Waals surface area contributed by atoms with Crippen LogP contribution in [0, 0.1) is 5.92 Å². The van der Waals surface area contributed by atoms with Crippen LogP contribution in [-0.4, -0.2) is 70.1 Å². The van der Waals surface area contributed by atoms with Crippen molar-refractivity contribution in [3.05, 3.63) is 36.3 Å². The van der Waals surface area contributed by atoms with E-state index in [1.807, 2.05) is 18.3 Å². The van der Waals surface area contributed by atoms with Gasteiger partial charge in [-0.1, -0.05) is 13.8 Å². The van der Waals surface area contributed by atoms with E-state index >= 15 is 0 Å². The van der Waals surface area contributed by atoms with Crippen LogP contribution in [0.15, 0.2) is 30.6 Å². The van der Waals surface area contributed by atoms with Gasteiger partial charge in [-0.15, -0.1) is 0 Å². The Morgan fingerprint density at radius 1 is 1.16 bits per heavy atom. The van der Waals surface area contributed by atoms with E-state index in [0.29, 0.717) is 29.9 Å². The highest BCUT2D eigenvalue weighted by Crippen LogP contribution is 2.30. The van der Waals surface area contributed by atoms with Crippen LogP contribution < -0.4 is 15.5 Å². The number of amides is 1. The smallest absolute Gasteiger partial charge is 0.268 e. The number of carbonyl (C=O) groups is 1. The van der Waals surface area contributed by atoms with Crippen molar-refractivity contribution in [2.45, 2.75) is 26.3 Å². The molecule has 168 valence electrons. The Labute approximate surface area is 187 Å². The summed E-state index contributed by atoms with van der Waals surface area (Å²) in [6, 6.07) is 6.11. The molecule has 32 heavy (non-hydrogen) atoms. The van der Waals surface area contributed by atoms with Crippen LogP contribution in [0.5, 0.6) is 0 Å². The monoisotopic (exact) mass is 434 g/mol. The van der Waals surface area contributed by atoms with Gasteiger partial charge in [-0.25, -0.2) is 9.97 Å². The van der Waals surface area contributed by atoms with Crippen molar-refractivity contribution >= 4 is 34.4 Å². The van der Waals surface area contributed by atoms with Crippen molar-refractivity contribution in [1.29, 1.82) is 0 Å². The van der Waals surface area contributed by atoms with Gasteiger partial charge in [0.15, 0.2) is 0 Å². The van der Waals surface area contributed by atoms with Crippen LogP contribution in [-0.2, 0) is 0 Å². The zero-order valence-electron chi connectivity index (χ0n) is 18.9. The molecule has 0 radical (unpaired) electrons. The number of aromatic nitrogens is 4. The van der Waals surface area contributed by atoms with E-state index in [0.717, 1.165) is 49.3 Å². The van der Waals surface area contributed by atoms with Crippen LogP contribution in [0.25, 0.3) is 11.0 Å². The minimum absolute atomic E-state index is 0.0568. The highest BCUT2D eigenvalue weighted by Gasteiger charge is 2.28. The molecular weight excluding hydrogens is 404 g/mol. The highest BCUT2D eigenvalue weighted by molar-refractivity contribution is 5.98. The zero-order valence-corrected chi connectivity index (χ0v) is 18.9. The fourth-order valence-electron chi connectivity index (χ4n) is 4.56. The second-order valence-corrected chi connectivity index (χ2v) is 9.18. The van der Waals surface area contributed by atoms with Crippen LogP contribution >= 0.6 is 0 Å². The van der Waals surface area contributed by atoms with E-state index < -0.39 is 0 Å². The minimum Gasteiger partial charge on any atom is -0.368 e. The predicted molar refractivity (Wildman–Crippen MR) is 126 cm³/mol. The predicted octanol–water partition coefficient (Wildman–Crippen LogP) is 2.65. The molecular formula is C23H30N8O. The standard InChI is InChI=1S/C23H30N8O/c1-15(2)10-18-14-25-22(32)19-11-16-12-26-23(28-21(16)31(18)19)27-20-5-4-17(13-24-20)30-8-6-29(3)7-9-30/h4-5,11-13,15,18H,6-10,14H2,1-3H3,(H,25,32)(H,24,26,27,28)/t18-/m0/s1. The third-order valence-electron chi connectivity index (χ3n) is 6.27. The van der Waals surface area contributed by atoms with E-state index in [-0.39, 0.29) is 11.9 Å². The van der Waals surface area contributed by atoms with Gasteiger partial charge in [0.1, 0.15) is 17.2 Å². The van der Waals surface area contributed by atoms with E-state index in [1.54, 1.807) is 6.20 Å². The highest BCUT2D eigenvalue weighted by atomic mass is 16.2. The summed E-state index contributed by atoms with van der Waals surface area (Å²) in [7, 11) is 2.15. The number of hydrogen-bond donors (Lipinski definition) is 2. The molecule has 2 N–H and O–H groups in total. The molecule has 0 saturated carbocycles. The van der Waals surface area contributed by atoms with Gasteiger partial charge in [-0.05, 0) is 37.6 Å². The molecule has 5 rings (SSSR count). The molecule has 1 amide bonds. The number of hydrogen-bond acceptors (Lipinski definition) is 7. The Hall–Kier alpha value is -3.20. The third-order valence-corrected chi connectivity index (χ3v) is 6.27. The second kappa shape index (κ2) is 8.38. The van der Waals surface area contributed by atoms with Crippen LogP contribution in [0.3, 0.4) is 0 Å². The first-order valence-electron chi connectivity index (χ1n) is 11.3. The molecule has 1 atom stereocenters. The fourth-order valence-corrected chi connectivity index (χ4v) is 4.56. The SMILES string of the molecule is CC(C)C[C@H]1CNC(=O)c2cc3cnc(Nc4ccc(N5CCN(C)CC5)cn4)nc3n21. The number of fused-ring (bicyclic) bond motifs is 3. The number of rotatable bonds is 5. The first-order valence-corrected chi connectivity index (χ1v) is 11.3. The van der Waals surface area contributed by atoms with Gasteiger partial charge < -0.3 is 25.0 Å². The van der Waals surface area contributed by atoms with E-state index in [9.17, 15) is 4.79 Å². The number of piperazine rings is 1. The number of anilines is 3. The topological polar surface area (TPSA) is 91.2 Å². The summed E-state index contributed by atoms with van der Waals surface area (Å²) in [6.45, 7) is 9.15. The quantitative estimate of drug-likeness (QED) is 0.638. The van der Waals surface area contributed by atoms with Gasteiger partial charge in [0.05, 0.1) is 17.9 Å². The van der Waals surface area contributed by atoms with E-state index in [1.165, 1.54) is 0 Å². The first-order chi connectivity index (χ1) is 15.5. The van der Waals surface area contributed by atoms with Crippen molar-refractivity contribution in [2.24, 2.45) is 5.92 Å². The summed E-state index contributed by atoms with van der Waals surface area (Å²) < 4.78 is 2.07. The van der Waals surface area contributed by atoms with Gasteiger partial charge >= 0.3 is 0 Å². The normalized spacial score (nSPS) is 19.3. The van der Waals surface area contributed by atoms with Gasteiger partial charge in [0, 0.05) is 44.3 Å². The molecule has 3 aromatic heterocycles. The molecule has 2 aliphatic rings. The molecule has 9 heteroatoms. The molecule has 9 nitrogen and oxygen atoms in total. The lowest BCUT2D eigenvalue weighted by Gasteiger charge is -2.33. The Balaban J connectivity index is 1.39. The molecule has 0 bridgehead atoms. The maximum absolute atomic E-state index is 12.4. The number of likely N-dealkylation sites (N-methyl/N-ethyl adjacent to an activating group) is 1. The molecule has 0 unspecified atom stereocenters. The first kappa shape index (κ1) is 20.7. The van der Waals surface area contributed by atoms with Gasteiger partial charge in [0.2, 0.25) is 5.95 Å². The molecule has 1 fully saturated rings. The Bertz CT molecular complexity index is 1110. The molecule has 0 aliphatic carbocycles. The van der Waals surface area contributed by atoms with Crippen molar-refractivity contribution in [2.75, 3.05) is 50.0 Å². The Morgan fingerprint density at radius 2 is 1.97 bits per heavy atom. The lowest BCUT2D eigenvalue weighted by atomic mass is 10.0. The lowest BCUT2D eigenvalue weighted by Crippen LogP contribution is -2.44. The molecule has 5 heterocycles. The van der Waals surface area contributed by atoms with Crippen molar-refractivity contribution < 1.29 is 4.79 Å². The van der Waals surface area contributed by atoms with Gasteiger partial charge in [-0.3, -0.25) is 4.79 Å². The third kappa shape index (κ3) is 4.00. The summed E-state index contributed by atoms with van der Waals surface area (Å²) in [5, 5.41) is 7.10. The molecule has 3 aromatic rings. The lowest BCUT2D eigenvalue weighted by molar-refractivity contribution is 0.0912. The molecule has 0 spiro atoms. The van der Waals surface area contributed by atoms with E-state index in [2.05, 4.69) is 61.9 Å². The second-order valence-electron chi connectivity index (χ2n) is 9.18. The summed E-state index contributed by atoms with van der Waals surface area (Å²) in [6.07, 6.45) is 4.64. The van der Waals surface area contributed by atoms with Crippen molar-refractivity contribution in [3.8, 4) is 0 Å². The summed E-state index contributed by atoms with van der Waals surface area (Å²) in [4.78, 5) is 30.9. The average molecular weight is 435 g/mol. The van der Waals surface area contributed by atoms with Gasteiger partial charge in [0.25, 0.3) is 5.91 Å². The number of nitrogens with zero attached hydrogens (tertiary/aromatic N) is 6. The van der Waals surface area contributed by atoms with Crippen LogP contribution in [0.1, 0.15) is 36.8 Å². The summed E-state index contributed by atoms with van der Waals surface area (Å²) >= 11 is 0. The summed E-state index contributed by atoms with van der Waals surface area (Å²) in [5.41, 5.74) is 2.56. The Kier molecular flexibility index (Phi) is 5.42. The molecule has 1 saturated heterocycles. The van der Waals surface area contributed by atoms with Crippen molar-refractivity contribution in [3.63, 3.8) is 0 Å². The number of nitrogens with one attached hydrogen (secondary N) is 2. The minimum atomic E-state index is -0.0568. The van der Waals surface area contributed by atoms with E-state index in [4.69, 9.17) is 4.98 Å². The molecule has 0 aromatic carbocycles. The zero-order chi connectivity index (χ0) is 22.2.